The summed E-state index contributed by atoms with van der Waals surface area (Å²) in [7, 11) is 0. The van der Waals surface area contributed by atoms with Gasteiger partial charge in [0.1, 0.15) is 16.6 Å². The Bertz CT molecular complexity index is 1230. The second-order valence-corrected chi connectivity index (χ2v) is 12.0. The van der Waals surface area contributed by atoms with Gasteiger partial charge in [0.15, 0.2) is 0 Å². The molecule has 3 aliphatic carbocycles. The van der Waals surface area contributed by atoms with Gasteiger partial charge in [-0.05, 0) is 23.5 Å². The molecule has 0 radical (unpaired) electrons. The quantitative estimate of drug-likeness (QED) is 0.374. The van der Waals surface area contributed by atoms with Crippen molar-refractivity contribution in [3.63, 3.8) is 0 Å². The maximum Gasteiger partial charge on any atom is 0.133 e. The lowest BCUT2D eigenvalue weighted by atomic mass is 9.33. The van der Waals surface area contributed by atoms with Crippen LogP contribution in [0.25, 0.3) is 10.9 Å². The average Bonchev–Trinajstić information content (AvgIpc) is 3.42. The number of ether oxygens (including phenoxy) is 1. The van der Waals surface area contributed by atoms with Crippen LogP contribution in [-0.2, 0) is 21.2 Å². The molecule has 0 amide bonds. The molecule has 2 fully saturated rings. The third kappa shape index (κ3) is 1.57. The number of aromatic nitrogens is 1. The number of hydrogen-bond donors (Lipinski definition) is 2. The first-order valence-electron chi connectivity index (χ1n) is 11.1. The molecule has 0 bridgehead atoms. The molecule has 6 atom stereocenters. The van der Waals surface area contributed by atoms with Crippen LogP contribution >= 0.6 is 11.6 Å². The smallest absolute Gasteiger partial charge is 0.133 e. The molecular formula is C26H29ClN2O2. The Hall–Kier alpha value is -1.80. The summed E-state index contributed by atoms with van der Waals surface area (Å²) < 4.78 is 6.31. The largest absolute Gasteiger partial charge is 0.383 e. The third-order valence-corrected chi connectivity index (χ3v) is 10.6. The highest BCUT2D eigenvalue weighted by Crippen LogP contribution is 2.80. The highest BCUT2D eigenvalue weighted by Gasteiger charge is 2.88. The van der Waals surface area contributed by atoms with Crippen LogP contribution in [0.15, 0.2) is 30.9 Å². The SMILES string of the molecule is C=C[C@@]1(C)[C@H](Cl)C[C@@H]2C(C)(C)c3cccc4[nH]c5c(c34)[C@@]2(O)[C@]1(C#N)[C@@]1(CO1)C5(C)C. The summed E-state index contributed by atoms with van der Waals surface area (Å²) in [4.78, 5) is 3.66. The van der Waals surface area contributed by atoms with Crippen molar-refractivity contribution in [1.82, 2.24) is 4.98 Å². The standard InChI is InChI=1S/C26H29ClN2O2/c1-7-23(6)17(27)11-16-21(2,3)14-9-8-10-15-18(14)19-20(29-15)22(4,5)25(13-31-25)24(23,12-28)26(16,19)30/h7-10,16-17,29-30H,1,11,13H2,2-6H3/t16-,17-,23+,24+,25-,26-/m1/s1. The van der Waals surface area contributed by atoms with Gasteiger partial charge in [0.05, 0.1) is 12.7 Å². The number of epoxide rings is 1. The van der Waals surface area contributed by atoms with Crippen LogP contribution in [0.5, 0.6) is 0 Å². The zero-order chi connectivity index (χ0) is 22.4. The number of nitriles is 1. The van der Waals surface area contributed by atoms with Crippen LogP contribution in [0, 0.1) is 28.1 Å². The lowest BCUT2D eigenvalue weighted by Gasteiger charge is -2.70. The molecule has 4 aliphatic rings. The molecule has 1 saturated heterocycles. The van der Waals surface area contributed by atoms with Gasteiger partial charge in [0, 0.05) is 44.3 Å². The molecule has 162 valence electrons. The second-order valence-electron chi connectivity index (χ2n) is 11.4. The fourth-order valence-corrected chi connectivity index (χ4v) is 8.60. The van der Waals surface area contributed by atoms with E-state index in [1.165, 1.54) is 5.56 Å². The summed E-state index contributed by atoms with van der Waals surface area (Å²) in [6.45, 7) is 15.2. The monoisotopic (exact) mass is 436 g/mol. The van der Waals surface area contributed by atoms with E-state index in [0.29, 0.717) is 13.0 Å². The molecule has 1 aromatic carbocycles. The van der Waals surface area contributed by atoms with Crippen molar-refractivity contribution in [2.75, 3.05) is 6.61 Å². The second kappa shape index (κ2) is 5.06. The topological polar surface area (TPSA) is 72.3 Å². The number of halogens is 1. The molecule has 1 spiro atoms. The minimum Gasteiger partial charge on any atom is -0.383 e. The van der Waals surface area contributed by atoms with E-state index in [1.54, 1.807) is 0 Å². The van der Waals surface area contributed by atoms with E-state index in [4.69, 9.17) is 16.3 Å². The van der Waals surface area contributed by atoms with E-state index in [-0.39, 0.29) is 16.7 Å². The van der Waals surface area contributed by atoms with Crippen LogP contribution in [0.2, 0.25) is 0 Å². The fourth-order valence-electron chi connectivity index (χ4n) is 8.17. The van der Waals surface area contributed by atoms with E-state index < -0.39 is 27.4 Å². The van der Waals surface area contributed by atoms with Gasteiger partial charge in [-0.3, -0.25) is 0 Å². The Balaban J connectivity index is 1.91. The average molecular weight is 437 g/mol. The summed E-state index contributed by atoms with van der Waals surface area (Å²) in [6.07, 6.45) is 2.40. The zero-order valence-corrected chi connectivity index (χ0v) is 19.5. The van der Waals surface area contributed by atoms with Crippen LogP contribution in [-0.4, -0.2) is 27.7 Å². The highest BCUT2D eigenvalue weighted by molar-refractivity contribution is 6.21. The number of H-pyrrole nitrogens is 1. The maximum absolute atomic E-state index is 13.1. The minimum atomic E-state index is -1.42. The molecule has 1 saturated carbocycles. The molecule has 4 nitrogen and oxygen atoms in total. The summed E-state index contributed by atoms with van der Waals surface area (Å²) in [6, 6.07) is 9.00. The lowest BCUT2D eigenvalue weighted by molar-refractivity contribution is -0.240. The number of fused-ring (bicyclic) bond motifs is 1. The number of aliphatic hydroxyl groups is 1. The van der Waals surface area contributed by atoms with E-state index in [9.17, 15) is 10.4 Å². The molecule has 1 aromatic heterocycles. The van der Waals surface area contributed by atoms with Gasteiger partial charge in [0.25, 0.3) is 0 Å². The summed E-state index contributed by atoms with van der Waals surface area (Å²) in [5, 5.41) is 24.9. The number of hydrogen-bond acceptors (Lipinski definition) is 3. The number of nitrogens with one attached hydrogen (secondary N) is 1. The molecule has 0 unspecified atom stereocenters. The number of nitrogens with zero attached hydrogens (tertiary/aromatic N) is 1. The molecule has 2 heterocycles. The Labute approximate surface area is 188 Å². The predicted octanol–water partition coefficient (Wildman–Crippen LogP) is 5.04. The Morgan fingerprint density at radius 2 is 1.97 bits per heavy atom. The number of aromatic amines is 1. The van der Waals surface area contributed by atoms with Crippen LogP contribution < -0.4 is 0 Å². The van der Waals surface area contributed by atoms with Crippen molar-refractivity contribution in [3.8, 4) is 6.07 Å². The molecule has 5 heteroatoms. The van der Waals surface area contributed by atoms with Crippen LogP contribution in [0.4, 0.5) is 0 Å². The van der Waals surface area contributed by atoms with Gasteiger partial charge >= 0.3 is 0 Å². The van der Waals surface area contributed by atoms with Crippen molar-refractivity contribution < 1.29 is 9.84 Å². The number of rotatable bonds is 1. The normalized spacial score (nSPS) is 45.4. The van der Waals surface area contributed by atoms with E-state index in [0.717, 1.165) is 22.2 Å². The van der Waals surface area contributed by atoms with Gasteiger partial charge < -0.3 is 14.8 Å². The van der Waals surface area contributed by atoms with E-state index in [1.807, 2.05) is 13.0 Å². The first-order valence-corrected chi connectivity index (χ1v) is 11.6. The molecule has 31 heavy (non-hydrogen) atoms. The number of alkyl halides is 1. The predicted molar refractivity (Wildman–Crippen MR) is 121 cm³/mol. The fraction of sp³-hybridized carbons (Fsp3) is 0.577. The Morgan fingerprint density at radius 3 is 2.55 bits per heavy atom. The Morgan fingerprint density at radius 1 is 1.29 bits per heavy atom. The molecule has 2 aromatic rings. The molecule has 2 N–H and O–H groups in total. The number of allylic oxidation sites excluding steroid dienone is 1. The first-order chi connectivity index (χ1) is 14.4. The van der Waals surface area contributed by atoms with Crippen LogP contribution in [0.1, 0.15) is 57.9 Å². The summed E-state index contributed by atoms with van der Waals surface area (Å²) in [5.41, 5.74) is -1.22. The third-order valence-electron chi connectivity index (χ3n) is 10.0. The van der Waals surface area contributed by atoms with Crippen molar-refractivity contribution in [1.29, 1.82) is 5.26 Å². The number of benzene rings is 1. The highest BCUT2D eigenvalue weighted by atomic mass is 35.5. The molecular weight excluding hydrogens is 408 g/mol. The van der Waals surface area contributed by atoms with Crippen molar-refractivity contribution >= 4 is 22.5 Å². The maximum atomic E-state index is 13.1. The molecule has 6 rings (SSSR count). The van der Waals surface area contributed by atoms with Crippen molar-refractivity contribution in [3.05, 3.63) is 47.7 Å². The van der Waals surface area contributed by atoms with Crippen molar-refractivity contribution in [2.24, 2.45) is 16.7 Å². The van der Waals surface area contributed by atoms with Gasteiger partial charge in [-0.15, -0.1) is 18.2 Å². The first kappa shape index (κ1) is 19.9. The van der Waals surface area contributed by atoms with E-state index in [2.05, 4.69) is 63.5 Å². The van der Waals surface area contributed by atoms with Crippen molar-refractivity contribution in [2.45, 2.75) is 68.4 Å². The molecule has 1 aliphatic heterocycles. The van der Waals surface area contributed by atoms with Gasteiger partial charge in [-0.2, -0.15) is 5.26 Å². The van der Waals surface area contributed by atoms with Gasteiger partial charge in [0.2, 0.25) is 0 Å². The minimum absolute atomic E-state index is 0.236. The summed E-state index contributed by atoms with van der Waals surface area (Å²) >= 11 is 7.15. The summed E-state index contributed by atoms with van der Waals surface area (Å²) in [5.74, 6) is -0.236. The lowest BCUT2D eigenvalue weighted by Crippen LogP contribution is -2.77. The van der Waals surface area contributed by atoms with Gasteiger partial charge in [-0.25, -0.2) is 0 Å². The van der Waals surface area contributed by atoms with E-state index >= 15 is 0 Å². The Kier molecular flexibility index (Phi) is 3.24. The van der Waals surface area contributed by atoms with Gasteiger partial charge in [-0.1, -0.05) is 52.8 Å². The zero-order valence-electron chi connectivity index (χ0n) is 18.8. The van der Waals surface area contributed by atoms with Crippen LogP contribution in [0.3, 0.4) is 0 Å².